The molecular formula is C15H10BrFN2O2S2. The average molecular weight is 413 g/mol. The van der Waals surface area contributed by atoms with Crippen molar-refractivity contribution in [2.24, 2.45) is 0 Å². The number of rotatable bonds is 5. The molecule has 0 saturated carbocycles. The van der Waals surface area contributed by atoms with Crippen LogP contribution in [0.25, 0.3) is 10.2 Å². The second kappa shape index (κ2) is 7.37. The van der Waals surface area contributed by atoms with Gasteiger partial charge in [-0.25, -0.2) is 14.4 Å². The fourth-order valence-electron chi connectivity index (χ4n) is 1.85. The molecule has 0 aliphatic heterocycles. The van der Waals surface area contributed by atoms with E-state index in [0.717, 1.165) is 15.2 Å². The van der Waals surface area contributed by atoms with Gasteiger partial charge in [0.25, 0.3) is 0 Å². The van der Waals surface area contributed by atoms with Gasteiger partial charge in [-0.15, -0.1) is 11.3 Å². The number of hydrogen-bond acceptors (Lipinski definition) is 6. The molecule has 3 rings (SSSR count). The van der Waals surface area contributed by atoms with Crippen molar-refractivity contribution in [3.05, 3.63) is 51.8 Å². The summed E-state index contributed by atoms with van der Waals surface area (Å²) < 4.78 is 18.8. The Morgan fingerprint density at radius 1 is 1.35 bits per heavy atom. The predicted octanol–water partition coefficient (Wildman–Crippen LogP) is 4.43. The van der Waals surface area contributed by atoms with Gasteiger partial charge in [-0.3, -0.25) is 4.79 Å². The molecule has 0 atom stereocenters. The summed E-state index contributed by atoms with van der Waals surface area (Å²) in [4.78, 5) is 21.1. The van der Waals surface area contributed by atoms with E-state index in [0.29, 0.717) is 10.0 Å². The van der Waals surface area contributed by atoms with Crippen LogP contribution in [0.15, 0.2) is 45.5 Å². The lowest BCUT2D eigenvalue weighted by Crippen LogP contribution is -2.08. The van der Waals surface area contributed by atoms with Gasteiger partial charge in [0, 0.05) is 15.4 Å². The van der Waals surface area contributed by atoms with Crippen LogP contribution in [0.3, 0.4) is 0 Å². The second-order valence-corrected chi connectivity index (χ2v) is 7.22. The zero-order valence-corrected chi connectivity index (χ0v) is 14.9. The summed E-state index contributed by atoms with van der Waals surface area (Å²) in [6.45, 7) is 0.0951. The van der Waals surface area contributed by atoms with E-state index in [1.807, 2.05) is 11.4 Å². The first-order chi connectivity index (χ1) is 11.1. The van der Waals surface area contributed by atoms with Gasteiger partial charge in [-0.2, -0.15) is 0 Å². The maximum Gasteiger partial charge on any atom is 0.316 e. The average Bonchev–Trinajstić information content (AvgIpc) is 3.01. The molecule has 0 fully saturated rings. The highest BCUT2D eigenvalue weighted by molar-refractivity contribution is 9.10. The van der Waals surface area contributed by atoms with Crippen molar-refractivity contribution in [2.45, 2.75) is 11.6 Å². The number of thiophene rings is 1. The maximum atomic E-state index is 13.0. The lowest BCUT2D eigenvalue weighted by Gasteiger charge is -2.07. The van der Waals surface area contributed by atoms with Crippen LogP contribution in [0, 0.1) is 5.82 Å². The molecule has 0 unspecified atom stereocenters. The Balaban J connectivity index is 1.56. The topological polar surface area (TPSA) is 52.1 Å². The summed E-state index contributed by atoms with van der Waals surface area (Å²) in [5.41, 5.74) is 0.715. The molecule has 8 heteroatoms. The van der Waals surface area contributed by atoms with Crippen LogP contribution >= 0.6 is 39.0 Å². The smallest absolute Gasteiger partial charge is 0.316 e. The molecule has 0 bridgehead atoms. The van der Waals surface area contributed by atoms with E-state index in [1.165, 1.54) is 41.6 Å². The third-order valence-corrected chi connectivity index (χ3v) is 5.49. The number of thioether (sulfide) groups is 1. The van der Waals surface area contributed by atoms with E-state index in [4.69, 9.17) is 4.74 Å². The number of benzene rings is 1. The first-order valence-corrected chi connectivity index (χ1v) is 9.20. The normalized spacial score (nSPS) is 10.9. The van der Waals surface area contributed by atoms with Gasteiger partial charge < -0.3 is 4.74 Å². The summed E-state index contributed by atoms with van der Waals surface area (Å²) in [6.07, 6.45) is 1.49. The van der Waals surface area contributed by atoms with Gasteiger partial charge in [0.1, 0.15) is 28.6 Å². The van der Waals surface area contributed by atoms with Gasteiger partial charge in [0.15, 0.2) is 0 Å². The highest BCUT2D eigenvalue weighted by Crippen LogP contribution is 2.27. The molecule has 0 spiro atoms. The molecule has 1 aromatic carbocycles. The minimum atomic E-state index is -0.354. The SMILES string of the molecule is O=C(CSc1ncnc2sccc12)OCc1ccc(F)cc1Br. The number of nitrogens with zero attached hydrogens (tertiary/aromatic N) is 2. The standard InChI is InChI=1S/C15H10BrFN2O2S2/c16-12-5-10(17)2-1-9(12)6-21-13(20)7-23-15-11-3-4-22-14(11)18-8-19-15/h1-5,8H,6-7H2. The second-order valence-electron chi connectivity index (χ2n) is 4.50. The third-order valence-electron chi connectivity index (χ3n) is 2.96. The number of hydrogen-bond donors (Lipinski definition) is 0. The van der Waals surface area contributed by atoms with Crippen molar-refractivity contribution in [1.82, 2.24) is 9.97 Å². The zero-order chi connectivity index (χ0) is 16.2. The van der Waals surface area contributed by atoms with Crippen LogP contribution in [-0.4, -0.2) is 21.7 Å². The lowest BCUT2D eigenvalue weighted by molar-refractivity contribution is -0.141. The Morgan fingerprint density at radius 3 is 3.04 bits per heavy atom. The maximum absolute atomic E-state index is 13.0. The Kier molecular flexibility index (Phi) is 5.24. The van der Waals surface area contributed by atoms with Crippen molar-refractivity contribution in [3.8, 4) is 0 Å². The van der Waals surface area contributed by atoms with Gasteiger partial charge >= 0.3 is 5.97 Å². The van der Waals surface area contributed by atoms with Crippen LogP contribution in [0.4, 0.5) is 4.39 Å². The molecule has 0 saturated heterocycles. The molecule has 23 heavy (non-hydrogen) atoms. The minimum absolute atomic E-state index is 0.0951. The number of fused-ring (bicyclic) bond motifs is 1. The molecule has 0 aliphatic rings. The highest BCUT2D eigenvalue weighted by Gasteiger charge is 2.10. The van der Waals surface area contributed by atoms with E-state index in [2.05, 4.69) is 25.9 Å². The monoisotopic (exact) mass is 412 g/mol. The quantitative estimate of drug-likeness (QED) is 0.352. The molecule has 0 radical (unpaired) electrons. The van der Waals surface area contributed by atoms with Crippen LogP contribution in [-0.2, 0) is 16.1 Å². The van der Waals surface area contributed by atoms with Crippen LogP contribution in [0.1, 0.15) is 5.56 Å². The van der Waals surface area contributed by atoms with E-state index in [9.17, 15) is 9.18 Å². The van der Waals surface area contributed by atoms with Crippen LogP contribution in [0.5, 0.6) is 0 Å². The number of carbonyl (C=O) groups is 1. The first kappa shape index (κ1) is 16.4. The van der Waals surface area contributed by atoms with E-state index >= 15 is 0 Å². The summed E-state index contributed by atoms with van der Waals surface area (Å²) in [5.74, 6) is -0.542. The largest absolute Gasteiger partial charge is 0.460 e. The van der Waals surface area contributed by atoms with Gasteiger partial charge in [0.05, 0.1) is 5.75 Å². The summed E-state index contributed by atoms with van der Waals surface area (Å²) in [5, 5.41) is 3.64. The minimum Gasteiger partial charge on any atom is -0.460 e. The van der Waals surface area contributed by atoms with Crippen molar-refractivity contribution in [1.29, 1.82) is 0 Å². The third kappa shape index (κ3) is 4.07. The molecule has 0 aliphatic carbocycles. The first-order valence-electron chi connectivity index (χ1n) is 6.54. The Hall–Kier alpha value is -1.51. The van der Waals surface area contributed by atoms with E-state index in [-0.39, 0.29) is 24.1 Å². The summed E-state index contributed by atoms with van der Waals surface area (Å²) in [7, 11) is 0. The molecule has 2 aromatic heterocycles. The van der Waals surface area contributed by atoms with Gasteiger partial charge in [-0.05, 0) is 23.6 Å². The Morgan fingerprint density at radius 2 is 2.22 bits per heavy atom. The Labute approximate surface area is 148 Å². The van der Waals surface area contributed by atoms with Crippen LogP contribution in [0.2, 0.25) is 0 Å². The molecule has 0 N–H and O–H groups in total. The fourth-order valence-corrected chi connectivity index (χ4v) is 3.89. The van der Waals surface area contributed by atoms with Crippen molar-refractivity contribution < 1.29 is 13.9 Å². The fraction of sp³-hybridized carbons (Fsp3) is 0.133. The van der Waals surface area contributed by atoms with Crippen molar-refractivity contribution in [3.63, 3.8) is 0 Å². The molecule has 118 valence electrons. The highest BCUT2D eigenvalue weighted by atomic mass is 79.9. The predicted molar refractivity (Wildman–Crippen MR) is 92.0 cm³/mol. The molecule has 4 nitrogen and oxygen atoms in total. The Bertz CT molecular complexity index is 856. The number of ether oxygens (including phenoxy) is 1. The van der Waals surface area contributed by atoms with Crippen molar-refractivity contribution >= 4 is 55.2 Å². The molecule has 0 amide bonds. The van der Waals surface area contributed by atoms with E-state index < -0.39 is 0 Å². The number of carbonyl (C=O) groups excluding carboxylic acids is 1. The van der Waals surface area contributed by atoms with Crippen molar-refractivity contribution in [2.75, 3.05) is 5.75 Å². The number of halogens is 2. The zero-order valence-electron chi connectivity index (χ0n) is 11.7. The van der Waals surface area contributed by atoms with E-state index in [1.54, 1.807) is 6.07 Å². The summed E-state index contributed by atoms with van der Waals surface area (Å²) >= 11 is 6.09. The lowest BCUT2D eigenvalue weighted by atomic mass is 10.2. The molecule has 2 heterocycles. The molecular weight excluding hydrogens is 403 g/mol. The number of esters is 1. The van der Waals surface area contributed by atoms with Gasteiger partial charge in [0.2, 0.25) is 0 Å². The van der Waals surface area contributed by atoms with Gasteiger partial charge in [-0.1, -0.05) is 33.8 Å². The molecule has 3 aromatic rings. The summed E-state index contributed by atoms with van der Waals surface area (Å²) in [6, 6.07) is 6.19. The number of aromatic nitrogens is 2. The van der Waals surface area contributed by atoms with Crippen LogP contribution < -0.4 is 0 Å².